The maximum absolute atomic E-state index is 5.85. The van der Waals surface area contributed by atoms with Gasteiger partial charge in [-0.1, -0.05) is 52.0 Å². The number of hydrogen-bond acceptors (Lipinski definition) is 2. The summed E-state index contributed by atoms with van der Waals surface area (Å²) in [4.78, 5) is 0. The number of benzene rings is 1. The second kappa shape index (κ2) is 6.28. The standard InChI is InChI=1S/C18H30N2/c1-13(2)14-5-7-15(8-6-14)17(20-19)16-9-11-18(3,4)12-10-16/h5-8,13,16-17,20H,9-12,19H2,1-4H3. The molecule has 1 unspecified atom stereocenters. The SMILES string of the molecule is CC(C)c1ccc(C(NN)C2CCC(C)(C)CC2)cc1. The highest BCUT2D eigenvalue weighted by Crippen LogP contribution is 2.42. The van der Waals surface area contributed by atoms with Crippen molar-refractivity contribution in [2.45, 2.75) is 65.3 Å². The molecule has 1 aromatic rings. The van der Waals surface area contributed by atoms with Crippen molar-refractivity contribution in [3.05, 3.63) is 35.4 Å². The molecule has 0 aliphatic heterocycles. The Morgan fingerprint density at radius 3 is 2.00 bits per heavy atom. The molecule has 1 atom stereocenters. The topological polar surface area (TPSA) is 38.0 Å². The van der Waals surface area contributed by atoms with Crippen molar-refractivity contribution in [1.82, 2.24) is 5.43 Å². The predicted octanol–water partition coefficient (Wildman–Crippen LogP) is 4.53. The Morgan fingerprint density at radius 2 is 1.55 bits per heavy atom. The maximum atomic E-state index is 5.85. The van der Waals surface area contributed by atoms with Crippen LogP contribution in [-0.2, 0) is 0 Å². The van der Waals surface area contributed by atoms with E-state index >= 15 is 0 Å². The fraction of sp³-hybridized carbons (Fsp3) is 0.667. The van der Waals surface area contributed by atoms with Crippen LogP contribution in [-0.4, -0.2) is 0 Å². The first kappa shape index (κ1) is 15.5. The Hall–Kier alpha value is -0.860. The van der Waals surface area contributed by atoms with Gasteiger partial charge in [-0.25, -0.2) is 0 Å². The molecular weight excluding hydrogens is 244 g/mol. The summed E-state index contributed by atoms with van der Waals surface area (Å²) in [5.41, 5.74) is 6.31. The zero-order chi connectivity index (χ0) is 14.8. The molecule has 0 aromatic heterocycles. The van der Waals surface area contributed by atoms with Crippen molar-refractivity contribution in [2.75, 3.05) is 0 Å². The molecule has 1 aliphatic rings. The third-order valence-corrected chi connectivity index (χ3v) is 5.00. The lowest BCUT2D eigenvalue weighted by molar-refractivity contribution is 0.161. The summed E-state index contributed by atoms with van der Waals surface area (Å²) in [6, 6.07) is 9.29. The molecule has 2 heteroatoms. The van der Waals surface area contributed by atoms with Crippen LogP contribution < -0.4 is 11.3 Å². The van der Waals surface area contributed by atoms with Gasteiger partial charge in [-0.15, -0.1) is 0 Å². The Bertz CT molecular complexity index is 410. The molecule has 1 saturated carbocycles. The molecule has 0 heterocycles. The van der Waals surface area contributed by atoms with Gasteiger partial charge >= 0.3 is 0 Å². The monoisotopic (exact) mass is 274 g/mol. The van der Waals surface area contributed by atoms with E-state index in [0.717, 1.165) is 0 Å². The molecule has 0 amide bonds. The van der Waals surface area contributed by atoms with Crippen LogP contribution in [0.2, 0.25) is 0 Å². The van der Waals surface area contributed by atoms with Crippen LogP contribution in [0, 0.1) is 11.3 Å². The first-order valence-corrected chi connectivity index (χ1v) is 7.99. The van der Waals surface area contributed by atoms with Crippen LogP contribution in [0.3, 0.4) is 0 Å². The van der Waals surface area contributed by atoms with E-state index in [1.165, 1.54) is 36.8 Å². The van der Waals surface area contributed by atoms with Crippen molar-refractivity contribution in [1.29, 1.82) is 0 Å². The Balaban J connectivity index is 2.08. The van der Waals surface area contributed by atoms with Crippen LogP contribution in [0.15, 0.2) is 24.3 Å². The molecule has 2 rings (SSSR count). The highest BCUT2D eigenvalue weighted by Gasteiger charge is 2.31. The number of nitrogens with one attached hydrogen (secondary N) is 1. The number of hydrogen-bond donors (Lipinski definition) is 2. The Kier molecular flexibility index (Phi) is 4.87. The summed E-state index contributed by atoms with van der Waals surface area (Å²) in [6.07, 6.45) is 5.15. The van der Waals surface area contributed by atoms with Gasteiger partial charge in [-0.2, -0.15) is 0 Å². The van der Waals surface area contributed by atoms with Gasteiger partial charge < -0.3 is 0 Å². The summed E-state index contributed by atoms with van der Waals surface area (Å²) in [5, 5.41) is 0. The van der Waals surface area contributed by atoms with E-state index in [2.05, 4.69) is 57.4 Å². The lowest BCUT2D eigenvalue weighted by Crippen LogP contribution is -2.36. The van der Waals surface area contributed by atoms with E-state index in [-0.39, 0.29) is 0 Å². The van der Waals surface area contributed by atoms with Gasteiger partial charge in [-0.05, 0) is 54.1 Å². The average molecular weight is 274 g/mol. The van der Waals surface area contributed by atoms with Crippen molar-refractivity contribution in [2.24, 2.45) is 17.2 Å². The zero-order valence-corrected chi connectivity index (χ0v) is 13.4. The van der Waals surface area contributed by atoms with Gasteiger partial charge in [0, 0.05) is 6.04 Å². The van der Waals surface area contributed by atoms with E-state index < -0.39 is 0 Å². The van der Waals surface area contributed by atoms with Gasteiger partial charge in [0.1, 0.15) is 0 Å². The van der Waals surface area contributed by atoms with E-state index in [1.807, 2.05) is 0 Å². The van der Waals surface area contributed by atoms with Crippen LogP contribution in [0.1, 0.15) is 76.5 Å². The molecule has 1 fully saturated rings. The fourth-order valence-corrected chi connectivity index (χ4v) is 3.35. The summed E-state index contributed by atoms with van der Waals surface area (Å²) < 4.78 is 0. The predicted molar refractivity (Wildman–Crippen MR) is 86.3 cm³/mol. The van der Waals surface area contributed by atoms with Gasteiger partial charge in [0.15, 0.2) is 0 Å². The van der Waals surface area contributed by atoms with E-state index in [0.29, 0.717) is 23.3 Å². The fourth-order valence-electron chi connectivity index (χ4n) is 3.35. The molecule has 1 aliphatic carbocycles. The Labute approximate surface area is 124 Å². The van der Waals surface area contributed by atoms with Crippen molar-refractivity contribution < 1.29 is 0 Å². The normalized spacial score (nSPS) is 21.1. The second-order valence-corrected chi connectivity index (χ2v) is 7.47. The molecule has 1 aromatic carbocycles. The van der Waals surface area contributed by atoms with Crippen LogP contribution in [0.5, 0.6) is 0 Å². The lowest BCUT2D eigenvalue weighted by Gasteiger charge is -2.38. The minimum Gasteiger partial charge on any atom is -0.271 e. The summed E-state index contributed by atoms with van der Waals surface area (Å²) >= 11 is 0. The molecule has 0 radical (unpaired) electrons. The molecule has 0 saturated heterocycles. The van der Waals surface area contributed by atoms with E-state index in [9.17, 15) is 0 Å². The number of nitrogens with two attached hydrogens (primary N) is 1. The largest absolute Gasteiger partial charge is 0.271 e. The number of rotatable bonds is 4. The van der Waals surface area contributed by atoms with E-state index in [4.69, 9.17) is 5.84 Å². The molecule has 3 N–H and O–H groups in total. The van der Waals surface area contributed by atoms with Crippen LogP contribution in [0.25, 0.3) is 0 Å². The van der Waals surface area contributed by atoms with Crippen LogP contribution >= 0.6 is 0 Å². The highest BCUT2D eigenvalue weighted by atomic mass is 15.2. The molecule has 20 heavy (non-hydrogen) atoms. The molecule has 112 valence electrons. The molecule has 0 bridgehead atoms. The maximum Gasteiger partial charge on any atom is 0.0488 e. The van der Waals surface area contributed by atoms with E-state index in [1.54, 1.807) is 0 Å². The van der Waals surface area contributed by atoms with Gasteiger partial charge in [0.25, 0.3) is 0 Å². The first-order chi connectivity index (χ1) is 9.43. The first-order valence-electron chi connectivity index (χ1n) is 7.99. The molecule has 0 spiro atoms. The zero-order valence-electron chi connectivity index (χ0n) is 13.4. The number of hydrazine groups is 1. The van der Waals surface area contributed by atoms with Gasteiger partial charge in [-0.3, -0.25) is 11.3 Å². The van der Waals surface area contributed by atoms with Gasteiger partial charge in [0.2, 0.25) is 0 Å². The van der Waals surface area contributed by atoms with Crippen molar-refractivity contribution >= 4 is 0 Å². The quantitative estimate of drug-likeness (QED) is 0.625. The second-order valence-electron chi connectivity index (χ2n) is 7.47. The van der Waals surface area contributed by atoms with Gasteiger partial charge in [0.05, 0.1) is 0 Å². The minimum absolute atomic E-state index is 0.298. The smallest absolute Gasteiger partial charge is 0.0488 e. The third kappa shape index (κ3) is 3.62. The molecule has 2 nitrogen and oxygen atoms in total. The summed E-state index contributed by atoms with van der Waals surface area (Å²) in [7, 11) is 0. The summed E-state index contributed by atoms with van der Waals surface area (Å²) in [5.74, 6) is 7.10. The van der Waals surface area contributed by atoms with Crippen molar-refractivity contribution in [3.8, 4) is 0 Å². The Morgan fingerprint density at radius 1 is 1.05 bits per heavy atom. The lowest BCUT2D eigenvalue weighted by atomic mass is 9.70. The molecular formula is C18H30N2. The van der Waals surface area contributed by atoms with Crippen LogP contribution in [0.4, 0.5) is 0 Å². The highest BCUT2D eigenvalue weighted by molar-refractivity contribution is 5.27. The van der Waals surface area contributed by atoms with Crippen molar-refractivity contribution in [3.63, 3.8) is 0 Å². The minimum atomic E-state index is 0.298. The average Bonchev–Trinajstić information content (AvgIpc) is 2.42. The third-order valence-electron chi connectivity index (χ3n) is 5.00. The summed E-state index contributed by atoms with van der Waals surface area (Å²) in [6.45, 7) is 9.23.